The van der Waals surface area contributed by atoms with Gasteiger partial charge in [-0.2, -0.15) is 0 Å². The van der Waals surface area contributed by atoms with Crippen molar-refractivity contribution in [2.75, 3.05) is 0 Å². The van der Waals surface area contributed by atoms with Crippen molar-refractivity contribution in [2.45, 2.75) is 25.4 Å². The first-order valence-electron chi connectivity index (χ1n) is 8.65. The van der Waals surface area contributed by atoms with Crippen LogP contribution in [-0.4, -0.2) is 11.9 Å². The number of nitrogens with two attached hydrogens (primary N) is 1. The summed E-state index contributed by atoms with van der Waals surface area (Å²) in [5, 5.41) is 6.43. The zero-order valence-electron chi connectivity index (χ0n) is 14.3. The lowest BCUT2D eigenvalue weighted by Gasteiger charge is -2.12. The van der Waals surface area contributed by atoms with E-state index in [1.54, 1.807) is 11.3 Å². The topological polar surface area (TPSA) is 50.4 Å². The molecule has 0 fully saturated rings. The summed E-state index contributed by atoms with van der Waals surface area (Å²) in [7, 11) is 0. The number of hydrogen-bond acceptors (Lipinski definition) is 3. The number of amidine groups is 1. The minimum atomic E-state index is 0.442. The molecule has 3 nitrogen and oxygen atoms in total. The number of hydrogen-bond donors (Lipinski definition) is 2. The number of rotatable bonds is 5. The van der Waals surface area contributed by atoms with E-state index in [2.05, 4.69) is 34.6 Å². The lowest BCUT2D eigenvalue weighted by molar-refractivity contribution is 0.533. The highest BCUT2D eigenvalue weighted by Gasteiger charge is 2.21. The number of nitrogens with one attached hydrogen (secondary N) is 1. The van der Waals surface area contributed by atoms with Gasteiger partial charge in [-0.25, -0.2) is 4.99 Å². The zero-order valence-corrected chi connectivity index (χ0v) is 15.9. The third-order valence-corrected chi connectivity index (χ3v) is 5.76. The largest absolute Gasteiger partial charge is 0.383 e. The van der Waals surface area contributed by atoms with Crippen LogP contribution >= 0.6 is 22.9 Å². The van der Waals surface area contributed by atoms with E-state index in [0.29, 0.717) is 11.9 Å². The van der Waals surface area contributed by atoms with Crippen molar-refractivity contribution in [1.82, 2.24) is 5.32 Å². The smallest absolute Gasteiger partial charge is 0.141 e. The highest BCUT2D eigenvalue weighted by atomic mass is 35.5. The number of benzene rings is 2. The summed E-state index contributed by atoms with van der Waals surface area (Å²) < 4.78 is 0. The van der Waals surface area contributed by atoms with E-state index in [9.17, 15) is 0 Å². The van der Waals surface area contributed by atoms with E-state index in [4.69, 9.17) is 17.3 Å². The van der Waals surface area contributed by atoms with Gasteiger partial charge in [0.25, 0.3) is 0 Å². The second-order valence-corrected chi connectivity index (χ2v) is 7.93. The maximum Gasteiger partial charge on any atom is 0.141 e. The molecule has 1 aliphatic rings. The molecule has 3 N–H and O–H groups in total. The molecule has 0 spiro atoms. The standard InChI is InChI=1S/C21H20ClN3S/c22-17-4-1-3-14(9-17)13-24-19-10-15-6-7-18(11-16(15)12-19)25-21(23)20-5-2-8-26-20/h1-9,11,19,24H,10,12-13H2,(H2,23,25). The number of halogens is 1. The van der Waals surface area contributed by atoms with E-state index in [0.717, 1.165) is 35.0 Å². The van der Waals surface area contributed by atoms with Crippen molar-refractivity contribution in [1.29, 1.82) is 0 Å². The van der Waals surface area contributed by atoms with E-state index < -0.39 is 0 Å². The molecule has 3 aromatic rings. The van der Waals surface area contributed by atoms with E-state index in [1.165, 1.54) is 16.7 Å². The van der Waals surface area contributed by atoms with Gasteiger partial charge in [0, 0.05) is 17.6 Å². The first-order chi connectivity index (χ1) is 12.7. The maximum atomic E-state index is 6.11. The molecule has 1 heterocycles. The molecular formula is C21H20ClN3S. The van der Waals surface area contributed by atoms with Crippen LogP contribution in [0.5, 0.6) is 0 Å². The van der Waals surface area contributed by atoms with Crippen molar-refractivity contribution < 1.29 is 0 Å². The molecule has 0 radical (unpaired) electrons. The Hall–Kier alpha value is -2.14. The molecular weight excluding hydrogens is 362 g/mol. The summed E-state index contributed by atoms with van der Waals surface area (Å²) in [5.41, 5.74) is 11.0. The highest BCUT2D eigenvalue weighted by molar-refractivity contribution is 7.12. The van der Waals surface area contributed by atoms with Crippen molar-refractivity contribution in [3.8, 4) is 0 Å². The van der Waals surface area contributed by atoms with Crippen molar-refractivity contribution in [3.05, 3.63) is 86.6 Å². The molecule has 132 valence electrons. The van der Waals surface area contributed by atoms with Gasteiger partial charge in [-0.3, -0.25) is 0 Å². The Morgan fingerprint density at radius 1 is 1.12 bits per heavy atom. The van der Waals surface area contributed by atoms with E-state index in [1.807, 2.05) is 35.7 Å². The second kappa shape index (κ2) is 7.62. The van der Waals surface area contributed by atoms with Crippen LogP contribution in [0.4, 0.5) is 5.69 Å². The van der Waals surface area contributed by atoms with Gasteiger partial charge in [0.1, 0.15) is 5.84 Å². The number of aliphatic imine (C=N–C) groups is 1. The molecule has 1 aliphatic carbocycles. The Balaban J connectivity index is 1.42. The summed E-state index contributed by atoms with van der Waals surface area (Å²) >= 11 is 7.67. The summed E-state index contributed by atoms with van der Waals surface area (Å²) in [6.07, 6.45) is 2.05. The third-order valence-electron chi connectivity index (χ3n) is 4.63. The summed E-state index contributed by atoms with van der Waals surface area (Å²) in [4.78, 5) is 5.58. The van der Waals surface area contributed by atoms with E-state index in [-0.39, 0.29) is 0 Å². The van der Waals surface area contributed by atoms with Crippen LogP contribution in [0.2, 0.25) is 5.02 Å². The van der Waals surface area contributed by atoms with Crippen LogP contribution in [-0.2, 0) is 19.4 Å². The van der Waals surface area contributed by atoms with Crippen LogP contribution in [0, 0.1) is 0 Å². The normalized spacial score (nSPS) is 16.7. The highest BCUT2D eigenvalue weighted by Crippen LogP contribution is 2.27. The fourth-order valence-electron chi connectivity index (χ4n) is 3.35. The Kier molecular flexibility index (Phi) is 5.07. The van der Waals surface area contributed by atoms with Gasteiger partial charge < -0.3 is 11.1 Å². The average molecular weight is 382 g/mol. The second-order valence-electron chi connectivity index (χ2n) is 6.54. The van der Waals surface area contributed by atoms with Gasteiger partial charge in [0.2, 0.25) is 0 Å². The predicted octanol–water partition coefficient (Wildman–Crippen LogP) is 4.70. The van der Waals surface area contributed by atoms with Crippen LogP contribution in [0.25, 0.3) is 0 Å². The minimum absolute atomic E-state index is 0.442. The van der Waals surface area contributed by atoms with Gasteiger partial charge in [-0.15, -0.1) is 11.3 Å². The Labute approximate surface area is 162 Å². The summed E-state index contributed by atoms with van der Waals surface area (Å²) in [5.74, 6) is 0.577. The molecule has 0 amide bonds. The van der Waals surface area contributed by atoms with Gasteiger partial charge in [-0.1, -0.05) is 35.9 Å². The molecule has 0 saturated heterocycles. The Morgan fingerprint density at radius 2 is 2.00 bits per heavy atom. The van der Waals surface area contributed by atoms with Crippen LogP contribution in [0.15, 0.2) is 65.0 Å². The molecule has 2 aromatic carbocycles. The molecule has 26 heavy (non-hydrogen) atoms. The lowest BCUT2D eigenvalue weighted by atomic mass is 10.1. The summed E-state index contributed by atoms with van der Waals surface area (Å²) in [6, 6.07) is 18.8. The minimum Gasteiger partial charge on any atom is -0.383 e. The molecule has 1 aromatic heterocycles. The van der Waals surface area contributed by atoms with Gasteiger partial charge >= 0.3 is 0 Å². The van der Waals surface area contributed by atoms with Crippen LogP contribution in [0.3, 0.4) is 0 Å². The molecule has 0 saturated carbocycles. The maximum absolute atomic E-state index is 6.11. The fraction of sp³-hybridized carbons (Fsp3) is 0.190. The van der Waals surface area contributed by atoms with Crippen LogP contribution < -0.4 is 11.1 Å². The van der Waals surface area contributed by atoms with Crippen molar-refractivity contribution in [2.24, 2.45) is 10.7 Å². The van der Waals surface area contributed by atoms with Crippen molar-refractivity contribution >= 4 is 34.5 Å². The molecule has 1 atom stereocenters. The Morgan fingerprint density at radius 3 is 2.81 bits per heavy atom. The van der Waals surface area contributed by atoms with Gasteiger partial charge in [-0.05, 0) is 65.2 Å². The molecule has 0 aliphatic heterocycles. The van der Waals surface area contributed by atoms with Gasteiger partial charge in [0.05, 0.1) is 10.6 Å². The zero-order chi connectivity index (χ0) is 17.9. The van der Waals surface area contributed by atoms with E-state index >= 15 is 0 Å². The average Bonchev–Trinajstić information content (AvgIpc) is 3.29. The first kappa shape index (κ1) is 17.3. The molecule has 1 unspecified atom stereocenters. The summed E-state index contributed by atoms with van der Waals surface area (Å²) in [6.45, 7) is 0.829. The number of thiophene rings is 1. The lowest BCUT2D eigenvalue weighted by Crippen LogP contribution is -2.28. The molecule has 0 bridgehead atoms. The SMILES string of the molecule is NC(=Nc1ccc2c(c1)CC(NCc1cccc(Cl)c1)C2)c1cccs1. The van der Waals surface area contributed by atoms with Crippen LogP contribution in [0.1, 0.15) is 21.6 Å². The predicted molar refractivity (Wildman–Crippen MR) is 111 cm³/mol. The quantitative estimate of drug-likeness (QED) is 0.497. The number of fused-ring (bicyclic) bond motifs is 1. The first-order valence-corrected chi connectivity index (χ1v) is 9.91. The molecule has 4 rings (SSSR count). The van der Waals surface area contributed by atoms with Gasteiger partial charge in [0.15, 0.2) is 0 Å². The fourth-order valence-corrected chi connectivity index (χ4v) is 4.19. The number of nitrogens with zero attached hydrogens (tertiary/aromatic N) is 1. The molecule has 5 heteroatoms. The monoisotopic (exact) mass is 381 g/mol. The third kappa shape index (κ3) is 3.98. The van der Waals surface area contributed by atoms with Crippen molar-refractivity contribution in [3.63, 3.8) is 0 Å². The Bertz CT molecular complexity index is 934.